The van der Waals surface area contributed by atoms with Crippen LogP contribution in [0.5, 0.6) is 0 Å². The summed E-state index contributed by atoms with van der Waals surface area (Å²) in [6, 6.07) is 3.51. The second-order valence-electron chi connectivity index (χ2n) is 5.47. The molecule has 1 aliphatic rings. The predicted octanol–water partition coefficient (Wildman–Crippen LogP) is 2.63. The fourth-order valence-corrected chi connectivity index (χ4v) is 3.32. The van der Waals surface area contributed by atoms with Crippen LogP contribution in [0.2, 0.25) is 0 Å². The van der Waals surface area contributed by atoms with Gasteiger partial charge in [-0.1, -0.05) is 0 Å². The quantitative estimate of drug-likeness (QED) is 0.791. The molecule has 2 heterocycles. The second kappa shape index (κ2) is 6.41. The summed E-state index contributed by atoms with van der Waals surface area (Å²) in [6.45, 7) is 0.0860. The molecule has 0 aliphatic heterocycles. The molecule has 116 valence electrons. The number of nitrogens with zero attached hydrogens (tertiary/aromatic N) is 2. The van der Waals surface area contributed by atoms with E-state index in [9.17, 15) is 4.79 Å². The summed E-state index contributed by atoms with van der Waals surface area (Å²) >= 11 is 1.38. The molecule has 0 spiro atoms. The van der Waals surface area contributed by atoms with Crippen molar-refractivity contribution in [3.63, 3.8) is 0 Å². The van der Waals surface area contributed by atoms with Crippen LogP contribution < -0.4 is 10.6 Å². The van der Waals surface area contributed by atoms with Crippen LogP contribution in [0.3, 0.4) is 0 Å². The van der Waals surface area contributed by atoms with E-state index in [-0.39, 0.29) is 18.2 Å². The summed E-state index contributed by atoms with van der Waals surface area (Å²) in [5.74, 6) is 0. The van der Waals surface area contributed by atoms with Crippen molar-refractivity contribution >= 4 is 22.5 Å². The van der Waals surface area contributed by atoms with Gasteiger partial charge in [-0.15, -0.1) is 11.3 Å². The minimum atomic E-state index is -0.264. The van der Waals surface area contributed by atoms with Crippen LogP contribution in [0.4, 0.5) is 9.93 Å². The topological polar surface area (TPSA) is 87.1 Å². The van der Waals surface area contributed by atoms with Gasteiger partial charge in [0, 0.05) is 35.5 Å². The van der Waals surface area contributed by atoms with Crippen LogP contribution in [0.25, 0.3) is 11.3 Å². The Balaban J connectivity index is 1.62. The zero-order valence-electron chi connectivity index (χ0n) is 12.1. The van der Waals surface area contributed by atoms with E-state index < -0.39 is 0 Å². The third-order valence-corrected chi connectivity index (χ3v) is 4.72. The van der Waals surface area contributed by atoms with Gasteiger partial charge in [0.05, 0.1) is 5.69 Å². The number of urea groups is 1. The molecule has 1 aliphatic carbocycles. The number of thiazole rings is 1. The third-order valence-electron chi connectivity index (χ3n) is 3.96. The highest BCUT2D eigenvalue weighted by atomic mass is 32.1. The minimum absolute atomic E-state index is 0.0860. The molecule has 0 radical (unpaired) electrons. The Kier molecular flexibility index (Phi) is 4.35. The SMILES string of the molecule is O=C(Nc1nc(-c2cccnc2)cs1)NC1(CCO)CCC1. The molecule has 0 aromatic carbocycles. The largest absolute Gasteiger partial charge is 0.396 e. The van der Waals surface area contributed by atoms with Crippen LogP contribution >= 0.6 is 11.3 Å². The van der Waals surface area contributed by atoms with Crippen molar-refractivity contribution in [1.82, 2.24) is 15.3 Å². The van der Waals surface area contributed by atoms with Crippen LogP contribution in [0.1, 0.15) is 25.7 Å². The molecule has 2 amide bonds. The Morgan fingerprint density at radius 1 is 1.45 bits per heavy atom. The van der Waals surface area contributed by atoms with Crippen LogP contribution in [-0.4, -0.2) is 33.3 Å². The average Bonchev–Trinajstić information content (AvgIpc) is 2.94. The molecule has 0 atom stereocenters. The highest BCUT2D eigenvalue weighted by Crippen LogP contribution is 2.34. The lowest BCUT2D eigenvalue weighted by Crippen LogP contribution is -2.55. The first-order valence-corrected chi connectivity index (χ1v) is 8.15. The number of pyridine rings is 1. The van der Waals surface area contributed by atoms with Crippen molar-refractivity contribution in [2.24, 2.45) is 0 Å². The summed E-state index contributed by atoms with van der Waals surface area (Å²) < 4.78 is 0. The molecule has 2 aromatic heterocycles. The van der Waals surface area contributed by atoms with Crippen molar-refractivity contribution in [3.8, 4) is 11.3 Å². The first-order chi connectivity index (χ1) is 10.7. The van der Waals surface area contributed by atoms with E-state index in [1.807, 2.05) is 17.5 Å². The molecule has 1 fully saturated rings. The van der Waals surface area contributed by atoms with Gasteiger partial charge in [-0.05, 0) is 37.8 Å². The summed E-state index contributed by atoms with van der Waals surface area (Å²) in [6.07, 6.45) is 6.96. The summed E-state index contributed by atoms with van der Waals surface area (Å²) in [7, 11) is 0. The summed E-state index contributed by atoms with van der Waals surface area (Å²) in [4.78, 5) is 20.5. The van der Waals surface area contributed by atoms with E-state index in [2.05, 4.69) is 20.6 Å². The van der Waals surface area contributed by atoms with Crippen LogP contribution in [0, 0.1) is 0 Å². The number of nitrogens with one attached hydrogen (secondary N) is 2. The van der Waals surface area contributed by atoms with E-state index in [4.69, 9.17) is 5.11 Å². The number of carbonyl (C=O) groups excluding carboxylic acids is 1. The van der Waals surface area contributed by atoms with Gasteiger partial charge in [-0.3, -0.25) is 10.3 Å². The molecule has 0 saturated heterocycles. The van der Waals surface area contributed by atoms with E-state index in [1.165, 1.54) is 11.3 Å². The first kappa shape index (κ1) is 14.9. The van der Waals surface area contributed by atoms with Crippen molar-refractivity contribution in [2.75, 3.05) is 11.9 Å². The van der Waals surface area contributed by atoms with E-state index in [0.29, 0.717) is 11.6 Å². The lowest BCUT2D eigenvalue weighted by atomic mass is 9.74. The Morgan fingerprint density at radius 2 is 2.32 bits per heavy atom. The molecule has 7 heteroatoms. The normalized spacial score (nSPS) is 15.9. The number of anilines is 1. The van der Waals surface area contributed by atoms with Crippen molar-refractivity contribution in [1.29, 1.82) is 0 Å². The molecule has 0 unspecified atom stereocenters. The maximum atomic E-state index is 12.1. The van der Waals surface area contributed by atoms with E-state index in [0.717, 1.165) is 30.5 Å². The molecule has 3 rings (SSSR count). The number of aliphatic hydroxyl groups excluding tert-OH is 1. The maximum absolute atomic E-state index is 12.1. The van der Waals surface area contributed by atoms with Gasteiger partial charge >= 0.3 is 6.03 Å². The highest BCUT2D eigenvalue weighted by Gasteiger charge is 2.37. The Labute approximate surface area is 132 Å². The first-order valence-electron chi connectivity index (χ1n) is 7.27. The zero-order valence-corrected chi connectivity index (χ0v) is 12.9. The Morgan fingerprint density at radius 3 is 2.95 bits per heavy atom. The van der Waals surface area contributed by atoms with Crippen LogP contribution in [-0.2, 0) is 0 Å². The van der Waals surface area contributed by atoms with Gasteiger partial charge in [-0.25, -0.2) is 9.78 Å². The molecule has 0 bridgehead atoms. The Hall–Kier alpha value is -1.99. The number of hydrogen-bond acceptors (Lipinski definition) is 5. The minimum Gasteiger partial charge on any atom is -0.396 e. The number of aromatic nitrogens is 2. The molecule has 2 aromatic rings. The number of hydrogen-bond donors (Lipinski definition) is 3. The predicted molar refractivity (Wildman–Crippen MR) is 85.8 cm³/mol. The average molecular weight is 318 g/mol. The van der Waals surface area contributed by atoms with Crippen molar-refractivity contribution in [3.05, 3.63) is 29.9 Å². The lowest BCUT2D eigenvalue weighted by molar-refractivity contribution is 0.139. The van der Waals surface area contributed by atoms with Gasteiger partial charge < -0.3 is 10.4 Å². The molecule has 6 nitrogen and oxygen atoms in total. The van der Waals surface area contributed by atoms with Gasteiger partial charge in [0.25, 0.3) is 0 Å². The molecule has 1 saturated carbocycles. The number of aliphatic hydroxyl groups is 1. The van der Waals surface area contributed by atoms with Crippen molar-refractivity contribution < 1.29 is 9.90 Å². The summed E-state index contributed by atoms with van der Waals surface area (Å²) in [5, 5.41) is 17.3. The lowest BCUT2D eigenvalue weighted by Gasteiger charge is -2.42. The molecule has 3 N–H and O–H groups in total. The van der Waals surface area contributed by atoms with Gasteiger partial charge in [0.1, 0.15) is 0 Å². The standard InChI is InChI=1S/C15H18N4O2S/c20-8-6-15(4-2-5-15)19-13(21)18-14-17-12(10-22-14)11-3-1-7-16-9-11/h1,3,7,9-10,20H,2,4-6,8H2,(H2,17,18,19,21). The van der Waals surface area contributed by atoms with Gasteiger partial charge in [0.2, 0.25) is 0 Å². The molecular formula is C15H18N4O2S. The maximum Gasteiger partial charge on any atom is 0.321 e. The Bertz CT molecular complexity index is 640. The number of rotatable bonds is 5. The second-order valence-corrected chi connectivity index (χ2v) is 6.32. The summed E-state index contributed by atoms with van der Waals surface area (Å²) in [5.41, 5.74) is 1.47. The third kappa shape index (κ3) is 3.26. The molecule has 22 heavy (non-hydrogen) atoms. The van der Waals surface area contributed by atoms with Crippen molar-refractivity contribution in [2.45, 2.75) is 31.2 Å². The van der Waals surface area contributed by atoms with E-state index >= 15 is 0 Å². The van der Waals surface area contributed by atoms with Crippen LogP contribution in [0.15, 0.2) is 29.9 Å². The molecular weight excluding hydrogens is 300 g/mol. The fourth-order valence-electron chi connectivity index (χ4n) is 2.60. The fraction of sp³-hybridized carbons (Fsp3) is 0.400. The zero-order chi connectivity index (χ0) is 15.4. The number of amides is 2. The van der Waals surface area contributed by atoms with Gasteiger partial charge in [-0.2, -0.15) is 0 Å². The highest BCUT2D eigenvalue weighted by molar-refractivity contribution is 7.14. The smallest absolute Gasteiger partial charge is 0.321 e. The number of carbonyl (C=O) groups is 1. The van der Waals surface area contributed by atoms with E-state index in [1.54, 1.807) is 12.4 Å². The monoisotopic (exact) mass is 318 g/mol. The van der Waals surface area contributed by atoms with Gasteiger partial charge in [0.15, 0.2) is 5.13 Å².